The van der Waals surface area contributed by atoms with Gasteiger partial charge >= 0.3 is 15.2 Å². The van der Waals surface area contributed by atoms with Crippen molar-refractivity contribution in [2.24, 2.45) is 5.16 Å². The first-order valence-corrected chi connectivity index (χ1v) is 11.0. The predicted octanol–water partition coefficient (Wildman–Crippen LogP) is 4.99. The summed E-state index contributed by atoms with van der Waals surface area (Å²) in [6, 6.07) is 0. The second-order valence-corrected chi connectivity index (χ2v) is 10.2. The normalized spacial score (nSPS) is 13.2. The molecule has 0 aromatic rings. The van der Waals surface area contributed by atoms with Crippen LogP contribution >= 0.6 is 15.2 Å². The molecular weight excluding hydrogens is 356 g/mol. The molecule has 0 aromatic carbocycles. The summed E-state index contributed by atoms with van der Waals surface area (Å²) in [5.74, 6) is 0. The van der Waals surface area contributed by atoms with Gasteiger partial charge in [-0.3, -0.25) is 9.13 Å². The van der Waals surface area contributed by atoms with Gasteiger partial charge in [0.1, 0.15) is 7.11 Å². The Labute approximate surface area is 145 Å². The molecule has 0 bridgehead atoms. The van der Waals surface area contributed by atoms with Gasteiger partial charge < -0.3 is 22.9 Å². The highest BCUT2D eigenvalue weighted by atomic mass is 31.2. The molecule has 144 valence electrons. The highest BCUT2D eigenvalue weighted by Gasteiger charge is 2.51. The molecule has 0 spiro atoms. The maximum atomic E-state index is 13.3. The monoisotopic (exact) mass is 387 g/mol. The third kappa shape index (κ3) is 7.77. The van der Waals surface area contributed by atoms with E-state index in [1.807, 2.05) is 0 Å². The predicted molar refractivity (Wildman–Crippen MR) is 94.5 cm³/mol. The van der Waals surface area contributed by atoms with Gasteiger partial charge in [-0.25, -0.2) is 0 Å². The average molecular weight is 387 g/mol. The zero-order chi connectivity index (χ0) is 19.1. The summed E-state index contributed by atoms with van der Waals surface area (Å²) in [5, 5.41) is 3.19. The third-order valence-corrected chi connectivity index (χ3v) is 7.47. The highest BCUT2D eigenvalue weighted by molar-refractivity contribution is 7.98. The van der Waals surface area contributed by atoms with Gasteiger partial charge in [0, 0.05) is 0 Å². The fraction of sp³-hybridized carbons (Fsp3) is 0.929. The molecule has 0 N–H and O–H groups in total. The Kier molecular flexibility index (Phi) is 9.95. The van der Waals surface area contributed by atoms with E-state index < -0.39 is 44.8 Å². The van der Waals surface area contributed by atoms with Crippen LogP contribution in [0.5, 0.6) is 0 Å². The van der Waals surface area contributed by atoms with Crippen molar-refractivity contribution in [3.8, 4) is 0 Å². The van der Waals surface area contributed by atoms with E-state index in [-0.39, 0.29) is 0 Å². The second-order valence-electron chi connectivity index (χ2n) is 6.19. The molecule has 0 radical (unpaired) electrons. The molecule has 10 heteroatoms. The summed E-state index contributed by atoms with van der Waals surface area (Å²) < 4.78 is 48.5. The summed E-state index contributed by atoms with van der Waals surface area (Å²) >= 11 is 0. The SMILES string of the molecule is CON=C(P(=O)(OC(C)C)OC(C)C)P(=O)(OC(C)C)OC(C)C. The van der Waals surface area contributed by atoms with Gasteiger partial charge in [-0.15, -0.1) is 0 Å². The minimum atomic E-state index is -4.08. The Morgan fingerprint density at radius 1 is 0.667 bits per heavy atom. The van der Waals surface area contributed by atoms with Gasteiger partial charge in [0.25, 0.3) is 5.19 Å². The van der Waals surface area contributed by atoms with E-state index in [1.54, 1.807) is 55.4 Å². The molecule has 0 atom stereocenters. The minimum absolute atomic E-state index is 0.469. The quantitative estimate of drug-likeness (QED) is 0.280. The van der Waals surface area contributed by atoms with Gasteiger partial charge in [-0.2, -0.15) is 0 Å². The van der Waals surface area contributed by atoms with E-state index in [1.165, 1.54) is 7.11 Å². The van der Waals surface area contributed by atoms with E-state index in [0.717, 1.165) is 0 Å². The summed E-state index contributed by atoms with van der Waals surface area (Å²) in [4.78, 5) is 4.75. The van der Waals surface area contributed by atoms with Crippen molar-refractivity contribution in [3.63, 3.8) is 0 Å². The Bertz CT molecular complexity index is 435. The van der Waals surface area contributed by atoms with Gasteiger partial charge in [0.05, 0.1) is 24.4 Å². The van der Waals surface area contributed by atoms with Crippen LogP contribution in [0.1, 0.15) is 55.4 Å². The van der Waals surface area contributed by atoms with Crippen LogP contribution in [0.25, 0.3) is 0 Å². The van der Waals surface area contributed by atoms with E-state index in [0.29, 0.717) is 0 Å². The number of hydrogen-bond acceptors (Lipinski definition) is 8. The van der Waals surface area contributed by atoms with Gasteiger partial charge in [0.15, 0.2) is 0 Å². The molecule has 0 saturated heterocycles. The van der Waals surface area contributed by atoms with E-state index in [4.69, 9.17) is 22.9 Å². The maximum Gasteiger partial charge on any atom is 0.391 e. The molecular formula is C14H31NO7P2. The Morgan fingerprint density at radius 3 is 1.08 bits per heavy atom. The van der Waals surface area contributed by atoms with Crippen LogP contribution in [0.15, 0.2) is 5.16 Å². The van der Waals surface area contributed by atoms with Crippen molar-refractivity contribution >= 4 is 20.4 Å². The summed E-state index contributed by atoms with van der Waals surface area (Å²) in [6.45, 7) is 13.4. The largest absolute Gasteiger partial charge is 0.398 e. The first kappa shape index (κ1) is 23.8. The van der Waals surface area contributed by atoms with E-state index >= 15 is 0 Å². The van der Waals surface area contributed by atoms with Crippen LogP contribution in [-0.2, 0) is 32.1 Å². The zero-order valence-corrected chi connectivity index (χ0v) is 17.8. The Balaban J connectivity index is 6.19. The fourth-order valence-electron chi connectivity index (χ4n) is 1.68. The van der Waals surface area contributed by atoms with Gasteiger partial charge in [0.2, 0.25) is 0 Å². The fourth-order valence-corrected chi connectivity index (χ4v) is 6.51. The first-order valence-electron chi connectivity index (χ1n) is 7.92. The zero-order valence-electron chi connectivity index (χ0n) is 16.0. The van der Waals surface area contributed by atoms with Crippen LogP contribution in [0.3, 0.4) is 0 Å². The van der Waals surface area contributed by atoms with Crippen molar-refractivity contribution in [2.45, 2.75) is 79.8 Å². The molecule has 24 heavy (non-hydrogen) atoms. The molecule has 0 fully saturated rings. The van der Waals surface area contributed by atoms with Crippen molar-refractivity contribution in [1.29, 1.82) is 0 Å². The first-order chi connectivity index (χ1) is 10.9. The van der Waals surface area contributed by atoms with Crippen LogP contribution in [-0.4, -0.2) is 36.7 Å². The second kappa shape index (κ2) is 10.0. The minimum Gasteiger partial charge on any atom is -0.398 e. The van der Waals surface area contributed by atoms with Crippen LogP contribution in [0.2, 0.25) is 0 Å². The van der Waals surface area contributed by atoms with Crippen molar-refractivity contribution in [2.75, 3.05) is 7.11 Å². The molecule has 0 aliphatic rings. The molecule has 0 aliphatic heterocycles. The molecule has 0 aliphatic carbocycles. The molecule has 0 heterocycles. The van der Waals surface area contributed by atoms with Crippen LogP contribution in [0.4, 0.5) is 0 Å². The smallest absolute Gasteiger partial charge is 0.391 e. The molecule has 0 unspecified atom stereocenters. The Morgan fingerprint density at radius 2 is 0.917 bits per heavy atom. The number of oxime groups is 1. The maximum absolute atomic E-state index is 13.3. The number of nitrogens with zero attached hydrogens (tertiary/aromatic N) is 1. The molecule has 0 amide bonds. The number of rotatable bonds is 11. The molecule has 0 aromatic heterocycles. The van der Waals surface area contributed by atoms with Crippen molar-refractivity contribution in [1.82, 2.24) is 0 Å². The van der Waals surface area contributed by atoms with Gasteiger partial charge in [-0.05, 0) is 55.4 Å². The third-order valence-electron chi connectivity index (χ3n) is 2.06. The van der Waals surface area contributed by atoms with Gasteiger partial charge in [-0.1, -0.05) is 5.16 Å². The standard InChI is InChI=1S/C14H31NO7P2/c1-10(2)19-23(16,20-11(3)4)14(15-18-9)24(17,21-12(5)6)22-13(7)8/h10-13H,1-9H3. The van der Waals surface area contributed by atoms with Crippen LogP contribution < -0.4 is 0 Å². The summed E-state index contributed by atoms with van der Waals surface area (Å²) in [7, 11) is -6.92. The van der Waals surface area contributed by atoms with Crippen LogP contribution in [0, 0.1) is 0 Å². The lowest BCUT2D eigenvalue weighted by molar-refractivity contribution is 0.142. The summed E-state index contributed by atoms with van der Waals surface area (Å²) in [6.07, 6.45) is -1.88. The average Bonchev–Trinajstić information content (AvgIpc) is 2.30. The topological polar surface area (TPSA) is 92.7 Å². The molecule has 0 rings (SSSR count). The van der Waals surface area contributed by atoms with Crippen molar-refractivity contribution in [3.05, 3.63) is 0 Å². The van der Waals surface area contributed by atoms with Crippen molar-refractivity contribution < 1.29 is 32.1 Å². The van der Waals surface area contributed by atoms with E-state index in [2.05, 4.69) is 5.16 Å². The molecule has 0 saturated carbocycles. The highest BCUT2D eigenvalue weighted by Crippen LogP contribution is 2.68. The number of hydrogen-bond donors (Lipinski definition) is 0. The lowest BCUT2D eigenvalue weighted by Gasteiger charge is -2.28. The van der Waals surface area contributed by atoms with E-state index in [9.17, 15) is 9.13 Å². The Hall–Kier alpha value is -0.230. The lowest BCUT2D eigenvalue weighted by atomic mass is 10.5. The summed E-state index contributed by atoms with van der Waals surface area (Å²) in [5.41, 5.74) is 0. The lowest BCUT2D eigenvalue weighted by Crippen LogP contribution is -2.20. The molecule has 8 nitrogen and oxygen atoms in total.